The molecule has 126 valence electrons. The Morgan fingerprint density at radius 2 is 1.76 bits per heavy atom. The second kappa shape index (κ2) is 10.6. The summed E-state index contributed by atoms with van der Waals surface area (Å²) in [5, 5.41) is 0. The fraction of sp³-hybridized carbons (Fsp3) is 1.00. The van der Waals surface area contributed by atoms with E-state index in [1.807, 2.05) is 0 Å². The number of hydrogen-bond donors (Lipinski definition) is 1. The molecule has 0 aromatic heterocycles. The number of rotatable bonds is 11. The molecule has 1 fully saturated rings. The number of nitrogens with two attached hydrogens (primary N) is 1. The average molecular weight is 299 g/mol. The molecule has 3 nitrogen and oxygen atoms in total. The van der Waals surface area contributed by atoms with E-state index < -0.39 is 0 Å². The summed E-state index contributed by atoms with van der Waals surface area (Å²) in [6.07, 6.45) is 10.2. The molecule has 1 aliphatic rings. The van der Waals surface area contributed by atoms with Gasteiger partial charge >= 0.3 is 0 Å². The van der Waals surface area contributed by atoms with Crippen molar-refractivity contribution in [3.63, 3.8) is 0 Å². The molecule has 0 heterocycles. The van der Waals surface area contributed by atoms with Gasteiger partial charge in [0.05, 0.1) is 6.61 Å². The van der Waals surface area contributed by atoms with E-state index >= 15 is 0 Å². The van der Waals surface area contributed by atoms with Gasteiger partial charge in [-0.05, 0) is 51.0 Å². The Labute approximate surface area is 132 Å². The summed E-state index contributed by atoms with van der Waals surface area (Å²) < 4.78 is 5.79. The molecule has 2 N–H and O–H groups in total. The fourth-order valence-electron chi connectivity index (χ4n) is 3.65. The van der Waals surface area contributed by atoms with Crippen molar-refractivity contribution in [3.8, 4) is 0 Å². The van der Waals surface area contributed by atoms with Crippen LogP contribution in [0.4, 0.5) is 0 Å². The van der Waals surface area contributed by atoms with E-state index in [2.05, 4.69) is 25.7 Å². The van der Waals surface area contributed by atoms with Crippen LogP contribution in [-0.2, 0) is 4.74 Å². The Kier molecular flexibility index (Phi) is 9.54. The van der Waals surface area contributed by atoms with Gasteiger partial charge in [-0.2, -0.15) is 0 Å². The minimum Gasteiger partial charge on any atom is -0.380 e. The molecule has 0 radical (unpaired) electrons. The molecule has 1 rings (SSSR count). The molecule has 0 unspecified atom stereocenters. The third-order valence-electron chi connectivity index (χ3n) is 5.31. The normalized spacial score (nSPS) is 26.4. The molecule has 0 amide bonds. The van der Waals surface area contributed by atoms with Gasteiger partial charge in [0.1, 0.15) is 0 Å². The summed E-state index contributed by atoms with van der Waals surface area (Å²) in [6, 6.07) is 0. The van der Waals surface area contributed by atoms with E-state index in [4.69, 9.17) is 10.5 Å². The Hall–Kier alpha value is -0.120. The highest BCUT2D eigenvalue weighted by molar-refractivity contribution is 4.95. The van der Waals surface area contributed by atoms with Crippen LogP contribution in [0, 0.1) is 5.92 Å². The highest BCUT2D eigenvalue weighted by Crippen LogP contribution is 2.37. The van der Waals surface area contributed by atoms with Gasteiger partial charge < -0.3 is 10.5 Å². The minimum absolute atomic E-state index is 0.246. The Bertz CT molecular complexity index is 250. The van der Waals surface area contributed by atoms with Gasteiger partial charge in [0.15, 0.2) is 0 Å². The van der Waals surface area contributed by atoms with Gasteiger partial charge in [-0.15, -0.1) is 0 Å². The second-order valence-electron chi connectivity index (χ2n) is 6.73. The lowest BCUT2D eigenvalue weighted by Gasteiger charge is -2.47. The number of ether oxygens (including phenoxy) is 1. The lowest BCUT2D eigenvalue weighted by molar-refractivity contribution is 0.0133. The molecule has 1 aliphatic carbocycles. The molecule has 3 heteroatoms. The zero-order valence-electron chi connectivity index (χ0n) is 14.7. The molecule has 0 spiro atoms. The minimum atomic E-state index is 0.246. The van der Waals surface area contributed by atoms with Crippen LogP contribution in [-0.4, -0.2) is 43.3 Å². The quantitative estimate of drug-likeness (QED) is 0.589. The van der Waals surface area contributed by atoms with Crippen molar-refractivity contribution >= 4 is 0 Å². The molecule has 0 atom stereocenters. The highest BCUT2D eigenvalue weighted by Gasteiger charge is 2.38. The molecule has 0 bridgehead atoms. The van der Waals surface area contributed by atoms with Crippen LogP contribution in [0.1, 0.15) is 72.1 Å². The lowest BCUT2D eigenvalue weighted by Crippen LogP contribution is -2.56. The van der Waals surface area contributed by atoms with Crippen LogP contribution >= 0.6 is 0 Å². The van der Waals surface area contributed by atoms with Gasteiger partial charge in [-0.3, -0.25) is 4.90 Å². The monoisotopic (exact) mass is 298 g/mol. The summed E-state index contributed by atoms with van der Waals surface area (Å²) >= 11 is 0. The maximum atomic E-state index is 6.23. The summed E-state index contributed by atoms with van der Waals surface area (Å²) in [6.45, 7) is 11.6. The van der Waals surface area contributed by atoms with Gasteiger partial charge in [0.2, 0.25) is 0 Å². The largest absolute Gasteiger partial charge is 0.380 e. The Morgan fingerprint density at radius 1 is 1.05 bits per heavy atom. The van der Waals surface area contributed by atoms with Gasteiger partial charge in [0.25, 0.3) is 0 Å². The van der Waals surface area contributed by atoms with E-state index in [-0.39, 0.29) is 5.54 Å². The number of unbranched alkanes of at least 4 members (excludes halogenated alkanes) is 1. The zero-order valence-corrected chi connectivity index (χ0v) is 14.7. The number of hydrogen-bond acceptors (Lipinski definition) is 3. The first-order valence-corrected chi connectivity index (χ1v) is 9.25. The Morgan fingerprint density at radius 3 is 2.29 bits per heavy atom. The van der Waals surface area contributed by atoms with Crippen LogP contribution in [0.25, 0.3) is 0 Å². The first-order chi connectivity index (χ1) is 10.2. The zero-order chi connectivity index (χ0) is 15.6. The molecular weight excluding hydrogens is 260 g/mol. The highest BCUT2D eigenvalue weighted by atomic mass is 16.5. The van der Waals surface area contributed by atoms with E-state index in [9.17, 15) is 0 Å². The Balaban J connectivity index is 2.50. The molecule has 0 aliphatic heterocycles. The molecule has 0 saturated heterocycles. The van der Waals surface area contributed by atoms with Gasteiger partial charge in [-0.25, -0.2) is 0 Å². The van der Waals surface area contributed by atoms with Crippen LogP contribution in [0.5, 0.6) is 0 Å². The van der Waals surface area contributed by atoms with Crippen molar-refractivity contribution in [2.45, 2.75) is 77.7 Å². The smallest absolute Gasteiger partial charge is 0.0593 e. The SMILES string of the molecule is CCCCOCCN(CCC)C1(CN)CCC(CC)CC1. The summed E-state index contributed by atoms with van der Waals surface area (Å²) in [5.41, 5.74) is 6.47. The average Bonchev–Trinajstić information content (AvgIpc) is 2.53. The van der Waals surface area contributed by atoms with Crippen molar-refractivity contribution in [3.05, 3.63) is 0 Å². The van der Waals surface area contributed by atoms with Crippen LogP contribution in [0.15, 0.2) is 0 Å². The third kappa shape index (κ3) is 5.88. The summed E-state index contributed by atoms with van der Waals surface area (Å²) in [7, 11) is 0. The lowest BCUT2D eigenvalue weighted by atomic mass is 9.74. The maximum absolute atomic E-state index is 6.23. The first kappa shape index (κ1) is 18.9. The predicted octanol–water partition coefficient (Wildman–Crippen LogP) is 3.81. The van der Waals surface area contributed by atoms with Crippen LogP contribution in [0.2, 0.25) is 0 Å². The van der Waals surface area contributed by atoms with Crippen molar-refractivity contribution in [1.29, 1.82) is 0 Å². The summed E-state index contributed by atoms with van der Waals surface area (Å²) in [4.78, 5) is 2.64. The maximum Gasteiger partial charge on any atom is 0.0593 e. The third-order valence-corrected chi connectivity index (χ3v) is 5.31. The first-order valence-electron chi connectivity index (χ1n) is 9.25. The van der Waals surface area contributed by atoms with E-state index in [1.165, 1.54) is 51.4 Å². The molecular formula is C18H38N2O. The second-order valence-corrected chi connectivity index (χ2v) is 6.73. The van der Waals surface area contributed by atoms with Crippen molar-refractivity contribution < 1.29 is 4.74 Å². The van der Waals surface area contributed by atoms with E-state index in [0.717, 1.165) is 38.8 Å². The molecule has 21 heavy (non-hydrogen) atoms. The fourth-order valence-corrected chi connectivity index (χ4v) is 3.65. The molecule has 0 aromatic rings. The van der Waals surface area contributed by atoms with Crippen LogP contribution < -0.4 is 5.73 Å². The van der Waals surface area contributed by atoms with E-state index in [1.54, 1.807) is 0 Å². The van der Waals surface area contributed by atoms with Crippen molar-refractivity contribution in [2.24, 2.45) is 11.7 Å². The topological polar surface area (TPSA) is 38.5 Å². The van der Waals surface area contributed by atoms with Crippen LogP contribution in [0.3, 0.4) is 0 Å². The summed E-state index contributed by atoms with van der Waals surface area (Å²) in [5.74, 6) is 0.925. The molecule has 1 saturated carbocycles. The van der Waals surface area contributed by atoms with E-state index in [0.29, 0.717) is 0 Å². The van der Waals surface area contributed by atoms with Gasteiger partial charge in [-0.1, -0.05) is 33.6 Å². The van der Waals surface area contributed by atoms with Crippen molar-refractivity contribution in [1.82, 2.24) is 4.90 Å². The van der Waals surface area contributed by atoms with Crippen molar-refractivity contribution in [2.75, 3.05) is 32.8 Å². The van der Waals surface area contributed by atoms with Gasteiger partial charge in [0, 0.05) is 25.2 Å². The number of nitrogens with zero attached hydrogens (tertiary/aromatic N) is 1. The predicted molar refractivity (Wildman–Crippen MR) is 91.6 cm³/mol. The standard InChI is InChI=1S/C18H38N2O/c1-4-7-14-21-15-13-20(12-5-2)18(16-19)10-8-17(6-3)9-11-18/h17H,4-16,19H2,1-3H3. The molecule has 0 aromatic carbocycles.